The number of hydrogen-bond acceptors (Lipinski definition) is 2. The molecule has 0 saturated carbocycles. The van der Waals surface area contributed by atoms with Crippen molar-refractivity contribution in [1.29, 1.82) is 0 Å². The first-order valence-electron chi connectivity index (χ1n) is 6.10. The third kappa shape index (κ3) is 4.52. The second kappa shape index (κ2) is 7.02. The molecule has 2 aromatic rings. The summed E-state index contributed by atoms with van der Waals surface area (Å²) in [5.74, 6) is 0.00785. The molecule has 0 aromatic heterocycles. The highest BCUT2D eigenvalue weighted by Crippen LogP contribution is 2.25. The number of carbonyl (C=O) groups is 1. The van der Waals surface area contributed by atoms with E-state index in [1.54, 1.807) is 24.3 Å². The number of ketones is 1. The molecule has 0 atom stereocenters. The molecule has 0 unspecified atom stereocenters. The van der Waals surface area contributed by atoms with Gasteiger partial charge in [-0.1, -0.05) is 39.7 Å². The third-order valence-corrected chi connectivity index (χ3v) is 3.72. The van der Waals surface area contributed by atoms with Crippen molar-refractivity contribution in [2.24, 2.45) is 0 Å². The molecule has 2 N–H and O–H groups in total. The van der Waals surface area contributed by atoms with Gasteiger partial charge in [0.2, 0.25) is 0 Å². The summed E-state index contributed by atoms with van der Waals surface area (Å²) in [6.45, 7) is 1.53. The molecule has 3 nitrogen and oxygen atoms in total. The van der Waals surface area contributed by atoms with Crippen molar-refractivity contribution in [1.82, 2.24) is 0 Å². The van der Waals surface area contributed by atoms with Crippen molar-refractivity contribution in [3.8, 4) is 0 Å². The topological polar surface area (TPSA) is 41.1 Å². The average molecular weight is 384 g/mol. The molecule has 0 bridgehead atoms. The normalized spacial score (nSPS) is 10.0. The van der Waals surface area contributed by atoms with E-state index < -0.39 is 0 Å². The number of carbonyl (C=O) groups excluding carboxylic acids is 1. The maximum absolute atomic E-state index is 11.4. The quantitative estimate of drug-likeness (QED) is 0.570. The number of anilines is 2. The predicted molar refractivity (Wildman–Crippen MR) is 95.4 cm³/mol. The van der Waals surface area contributed by atoms with Crippen LogP contribution in [0.2, 0.25) is 5.02 Å². The van der Waals surface area contributed by atoms with E-state index in [0.717, 1.165) is 10.2 Å². The molecular weight excluding hydrogens is 372 g/mol. The van der Waals surface area contributed by atoms with Gasteiger partial charge in [-0.25, -0.2) is 0 Å². The van der Waals surface area contributed by atoms with E-state index in [1.807, 2.05) is 18.2 Å². The Balaban J connectivity index is 2.08. The monoisotopic (exact) mass is 382 g/mol. The van der Waals surface area contributed by atoms with Gasteiger partial charge in [0.15, 0.2) is 10.9 Å². The molecule has 0 radical (unpaired) electrons. The zero-order chi connectivity index (χ0) is 15.4. The Hall–Kier alpha value is -1.43. The number of benzene rings is 2. The Morgan fingerprint density at radius 2 is 1.95 bits per heavy atom. The van der Waals surface area contributed by atoms with Crippen LogP contribution in [0.25, 0.3) is 0 Å². The van der Waals surface area contributed by atoms with Gasteiger partial charge in [-0.05, 0) is 49.5 Å². The number of Topliss-reactive ketones (excluding diaryl/α,β-unsaturated/α-hetero) is 1. The highest BCUT2D eigenvalue weighted by Gasteiger charge is 2.05. The molecule has 0 fully saturated rings. The summed E-state index contributed by atoms with van der Waals surface area (Å²) in [4.78, 5) is 11.4. The van der Waals surface area contributed by atoms with E-state index in [-0.39, 0.29) is 5.78 Å². The molecule has 0 saturated heterocycles. The molecule has 6 heteroatoms. The first-order chi connectivity index (χ1) is 9.95. The maximum atomic E-state index is 11.4. The Labute approximate surface area is 141 Å². The van der Waals surface area contributed by atoms with Crippen LogP contribution in [-0.4, -0.2) is 10.9 Å². The first kappa shape index (κ1) is 15.9. The average Bonchev–Trinajstić information content (AvgIpc) is 2.42. The predicted octanol–water partition coefficient (Wildman–Crippen LogP) is 5.11. The van der Waals surface area contributed by atoms with Crippen LogP contribution in [0.1, 0.15) is 17.3 Å². The van der Waals surface area contributed by atoms with E-state index in [1.165, 1.54) is 6.92 Å². The van der Waals surface area contributed by atoms with Gasteiger partial charge in [0, 0.05) is 15.7 Å². The number of hydrogen-bond donors (Lipinski definition) is 2. The van der Waals surface area contributed by atoms with E-state index in [0.29, 0.717) is 21.4 Å². The SMILES string of the molecule is CC(=O)c1cccc(NC(=S)Nc2ccc(Br)cc2Cl)c1. The lowest BCUT2D eigenvalue weighted by molar-refractivity contribution is 0.101. The molecule has 0 heterocycles. The smallest absolute Gasteiger partial charge is 0.175 e. The van der Waals surface area contributed by atoms with Gasteiger partial charge in [-0.2, -0.15) is 0 Å². The summed E-state index contributed by atoms with van der Waals surface area (Å²) in [5, 5.41) is 7.01. The molecular formula is C15H12BrClN2OS. The van der Waals surface area contributed by atoms with Crippen LogP contribution in [0.3, 0.4) is 0 Å². The summed E-state index contributed by atoms with van der Waals surface area (Å²) in [6, 6.07) is 12.6. The Bertz CT molecular complexity index is 706. The van der Waals surface area contributed by atoms with E-state index in [9.17, 15) is 4.79 Å². The molecule has 108 valence electrons. The van der Waals surface area contributed by atoms with Crippen molar-refractivity contribution in [3.63, 3.8) is 0 Å². The molecule has 2 aromatic carbocycles. The van der Waals surface area contributed by atoms with Crippen LogP contribution < -0.4 is 10.6 Å². The first-order valence-corrected chi connectivity index (χ1v) is 7.67. The maximum Gasteiger partial charge on any atom is 0.175 e. The summed E-state index contributed by atoms with van der Waals surface area (Å²) >= 11 is 14.7. The lowest BCUT2D eigenvalue weighted by Gasteiger charge is -2.12. The minimum atomic E-state index is 0.00785. The van der Waals surface area contributed by atoms with E-state index in [4.69, 9.17) is 23.8 Å². The van der Waals surface area contributed by atoms with Gasteiger partial charge in [0.25, 0.3) is 0 Å². The van der Waals surface area contributed by atoms with Crippen LogP contribution in [0, 0.1) is 0 Å². The van der Waals surface area contributed by atoms with Crippen LogP contribution in [0.15, 0.2) is 46.9 Å². The van der Waals surface area contributed by atoms with Crippen molar-refractivity contribution in [2.75, 3.05) is 10.6 Å². The summed E-state index contributed by atoms with van der Waals surface area (Å²) in [6.07, 6.45) is 0. The summed E-state index contributed by atoms with van der Waals surface area (Å²) < 4.78 is 0.895. The van der Waals surface area contributed by atoms with Crippen molar-refractivity contribution < 1.29 is 4.79 Å². The van der Waals surface area contributed by atoms with Gasteiger partial charge in [-0.3, -0.25) is 4.79 Å². The molecule has 21 heavy (non-hydrogen) atoms. The largest absolute Gasteiger partial charge is 0.332 e. The summed E-state index contributed by atoms with van der Waals surface area (Å²) in [7, 11) is 0. The number of halogens is 2. The van der Waals surface area contributed by atoms with Crippen LogP contribution in [0.4, 0.5) is 11.4 Å². The summed E-state index contributed by atoms with van der Waals surface area (Å²) in [5.41, 5.74) is 2.08. The minimum absolute atomic E-state index is 0.00785. The standard InChI is InChI=1S/C15H12BrClN2OS/c1-9(20)10-3-2-4-12(7-10)18-15(21)19-14-6-5-11(16)8-13(14)17/h2-8H,1H3,(H2,18,19,21). The van der Waals surface area contributed by atoms with Gasteiger partial charge in [0.05, 0.1) is 10.7 Å². The zero-order valence-electron chi connectivity index (χ0n) is 11.1. The fraction of sp³-hybridized carbons (Fsp3) is 0.0667. The number of nitrogens with one attached hydrogen (secondary N) is 2. The molecule has 0 aliphatic rings. The second-order valence-electron chi connectivity index (χ2n) is 4.34. The molecule has 0 amide bonds. The molecule has 0 spiro atoms. The molecule has 0 aliphatic heterocycles. The van der Waals surface area contributed by atoms with Gasteiger partial charge in [-0.15, -0.1) is 0 Å². The fourth-order valence-corrected chi connectivity index (χ4v) is 2.64. The number of rotatable bonds is 3. The van der Waals surface area contributed by atoms with Crippen molar-refractivity contribution >= 4 is 62.0 Å². The Morgan fingerprint density at radius 1 is 1.19 bits per heavy atom. The Kier molecular flexibility index (Phi) is 5.33. The highest BCUT2D eigenvalue weighted by molar-refractivity contribution is 9.10. The van der Waals surface area contributed by atoms with Gasteiger partial charge >= 0.3 is 0 Å². The van der Waals surface area contributed by atoms with E-state index in [2.05, 4.69) is 26.6 Å². The van der Waals surface area contributed by atoms with Crippen LogP contribution >= 0.6 is 39.7 Å². The van der Waals surface area contributed by atoms with Gasteiger partial charge < -0.3 is 10.6 Å². The lowest BCUT2D eigenvalue weighted by Crippen LogP contribution is -2.19. The third-order valence-electron chi connectivity index (χ3n) is 2.71. The van der Waals surface area contributed by atoms with E-state index >= 15 is 0 Å². The number of thiocarbonyl (C=S) groups is 1. The minimum Gasteiger partial charge on any atom is -0.332 e. The van der Waals surface area contributed by atoms with Crippen molar-refractivity contribution in [3.05, 3.63) is 57.5 Å². The van der Waals surface area contributed by atoms with Crippen LogP contribution in [0.5, 0.6) is 0 Å². The van der Waals surface area contributed by atoms with Crippen molar-refractivity contribution in [2.45, 2.75) is 6.92 Å². The molecule has 2 rings (SSSR count). The second-order valence-corrected chi connectivity index (χ2v) is 6.07. The Morgan fingerprint density at radius 3 is 2.62 bits per heavy atom. The van der Waals surface area contributed by atoms with Crippen LogP contribution in [-0.2, 0) is 0 Å². The zero-order valence-corrected chi connectivity index (χ0v) is 14.3. The highest BCUT2D eigenvalue weighted by atomic mass is 79.9. The fourth-order valence-electron chi connectivity index (χ4n) is 1.69. The lowest BCUT2D eigenvalue weighted by atomic mass is 10.1. The molecule has 0 aliphatic carbocycles. The van der Waals surface area contributed by atoms with Gasteiger partial charge in [0.1, 0.15) is 0 Å².